The molecule has 3 rings (SSSR count). The third-order valence-electron chi connectivity index (χ3n) is 4.61. The van der Waals surface area contributed by atoms with Crippen LogP contribution in [0, 0.1) is 5.82 Å². The molecular weight excluding hydrogens is 465 g/mol. The number of sulfonamides is 1. The molecule has 0 radical (unpaired) electrons. The molecule has 2 aromatic carbocycles. The molecule has 0 bridgehead atoms. The van der Waals surface area contributed by atoms with Crippen molar-refractivity contribution in [3.63, 3.8) is 0 Å². The Bertz CT molecular complexity index is 1030. The van der Waals surface area contributed by atoms with Crippen LogP contribution in [0.25, 0.3) is 0 Å². The van der Waals surface area contributed by atoms with Crippen LogP contribution in [0.4, 0.5) is 4.39 Å². The summed E-state index contributed by atoms with van der Waals surface area (Å²) in [6.07, 6.45) is 2.34. The van der Waals surface area contributed by atoms with Gasteiger partial charge < -0.3 is 4.74 Å². The average molecular weight is 484 g/mol. The zero-order valence-corrected chi connectivity index (χ0v) is 17.8. The lowest BCUT2D eigenvalue weighted by Gasteiger charge is -2.26. The highest BCUT2D eigenvalue weighted by molar-refractivity contribution is 9.10. The van der Waals surface area contributed by atoms with E-state index >= 15 is 0 Å². The van der Waals surface area contributed by atoms with E-state index in [1.807, 2.05) is 0 Å². The molecule has 0 atom stereocenters. The standard InChI is InChI=1S/C20H19BrFNO5S/c21-16-7-3-2-6-15(16)18(24)13-28-20(25)14-8-9-17(22)19(12-14)29(26,27)23-10-4-1-5-11-23/h2-3,6-9,12H,1,4-5,10-11,13H2. The second-order valence-corrected chi connectivity index (χ2v) is 9.35. The zero-order chi connectivity index (χ0) is 21.0. The maximum absolute atomic E-state index is 14.2. The molecule has 0 saturated carbocycles. The van der Waals surface area contributed by atoms with Gasteiger partial charge in [0.15, 0.2) is 6.61 Å². The van der Waals surface area contributed by atoms with E-state index in [0.717, 1.165) is 24.6 Å². The van der Waals surface area contributed by atoms with E-state index < -0.39 is 39.1 Å². The molecule has 29 heavy (non-hydrogen) atoms. The van der Waals surface area contributed by atoms with Crippen molar-refractivity contribution in [3.05, 3.63) is 63.9 Å². The van der Waals surface area contributed by atoms with Gasteiger partial charge in [0, 0.05) is 23.1 Å². The van der Waals surface area contributed by atoms with Gasteiger partial charge in [-0.25, -0.2) is 17.6 Å². The first-order chi connectivity index (χ1) is 13.8. The molecule has 154 valence electrons. The Morgan fingerprint density at radius 3 is 2.45 bits per heavy atom. The third-order valence-corrected chi connectivity index (χ3v) is 7.21. The predicted octanol–water partition coefficient (Wildman–Crippen LogP) is 3.80. The first kappa shape index (κ1) is 21.6. The molecule has 0 spiro atoms. The van der Waals surface area contributed by atoms with Crippen molar-refractivity contribution >= 4 is 37.7 Å². The molecule has 1 heterocycles. The number of hydrogen-bond donors (Lipinski definition) is 0. The summed E-state index contributed by atoms with van der Waals surface area (Å²) in [6.45, 7) is 0.112. The summed E-state index contributed by atoms with van der Waals surface area (Å²) in [5.41, 5.74) is 0.217. The first-order valence-corrected chi connectivity index (χ1v) is 11.3. The van der Waals surface area contributed by atoms with Crippen LogP contribution in [0.1, 0.15) is 40.0 Å². The number of hydrogen-bond acceptors (Lipinski definition) is 5. The number of ketones is 1. The lowest BCUT2D eigenvalue weighted by molar-refractivity contribution is 0.0474. The summed E-state index contributed by atoms with van der Waals surface area (Å²) in [6, 6.07) is 9.71. The summed E-state index contributed by atoms with van der Waals surface area (Å²) < 4.78 is 46.5. The fourth-order valence-corrected chi connectivity index (χ4v) is 5.17. The van der Waals surface area contributed by atoms with Crippen LogP contribution in [0.2, 0.25) is 0 Å². The molecule has 1 aliphatic heterocycles. The Hall–Kier alpha value is -2.10. The van der Waals surface area contributed by atoms with Gasteiger partial charge in [0.05, 0.1) is 5.56 Å². The van der Waals surface area contributed by atoms with Gasteiger partial charge in [-0.2, -0.15) is 4.31 Å². The molecule has 0 N–H and O–H groups in total. The van der Waals surface area contributed by atoms with Crippen molar-refractivity contribution in [1.82, 2.24) is 4.31 Å². The van der Waals surface area contributed by atoms with Crippen molar-refractivity contribution in [3.8, 4) is 0 Å². The van der Waals surface area contributed by atoms with Crippen LogP contribution in [-0.4, -0.2) is 44.2 Å². The Morgan fingerprint density at radius 1 is 1.07 bits per heavy atom. The molecule has 0 aromatic heterocycles. The highest BCUT2D eigenvalue weighted by Gasteiger charge is 2.29. The van der Waals surface area contributed by atoms with Gasteiger partial charge in [0.2, 0.25) is 15.8 Å². The molecule has 1 fully saturated rings. The van der Waals surface area contributed by atoms with Gasteiger partial charge in [-0.05, 0) is 37.1 Å². The first-order valence-electron chi connectivity index (χ1n) is 9.05. The van der Waals surface area contributed by atoms with Crippen LogP contribution in [0.5, 0.6) is 0 Å². The normalized spacial score (nSPS) is 15.1. The SMILES string of the molecule is O=C(OCC(=O)c1ccccc1Br)c1ccc(F)c(S(=O)(=O)N2CCCCC2)c1. The Labute approximate surface area is 176 Å². The van der Waals surface area contributed by atoms with Crippen LogP contribution in [0.3, 0.4) is 0 Å². The summed E-state index contributed by atoms with van der Waals surface area (Å²) in [4.78, 5) is 24.0. The maximum atomic E-state index is 14.2. The quantitative estimate of drug-likeness (QED) is 0.460. The van der Waals surface area contributed by atoms with E-state index in [4.69, 9.17) is 4.74 Å². The lowest BCUT2D eigenvalue weighted by Crippen LogP contribution is -2.36. The number of ether oxygens (including phenoxy) is 1. The highest BCUT2D eigenvalue weighted by atomic mass is 79.9. The number of piperidine rings is 1. The smallest absolute Gasteiger partial charge is 0.338 e. The highest BCUT2D eigenvalue weighted by Crippen LogP contribution is 2.24. The van der Waals surface area contributed by atoms with E-state index in [1.165, 1.54) is 4.31 Å². The Morgan fingerprint density at radius 2 is 1.76 bits per heavy atom. The minimum absolute atomic E-state index is 0.137. The van der Waals surface area contributed by atoms with E-state index in [-0.39, 0.29) is 5.56 Å². The minimum atomic E-state index is -4.05. The van der Waals surface area contributed by atoms with E-state index in [2.05, 4.69) is 15.9 Å². The largest absolute Gasteiger partial charge is 0.454 e. The summed E-state index contributed by atoms with van der Waals surface area (Å²) >= 11 is 3.25. The number of benzene rings is 2. The van der Waals surface area contributed by atoms with Crippen molar-refractivity contribution in [2.75, 3.05) is 19.7 Å². The number of carbonyl (C=O) groups excluding carboxylic acids is 2. The lowest BCUT2D eigenvalue weighted by atomic mass is 10.1. The van der Waals surface area contributed by atoms with E-state index in [0.29, 0.717) is 36.0 Å². The molecule has 2 aromatic rings. The van der Waals surface area contributed by atoms with Crippen LogP contribution < -0.4 is 0 Å². The zero-order valence-electron chi connectivity index (χ0n) is 15.4. The fraction of sp³-hybridized carbons (Fsp3) is 0.300. The van der Waals surface area contributed by atoms with Gasteiger partial charge in [-0.15, -0.1) is 0 Å². The van der Waals surface area contributed by atoms with Gasteiger partial charge in [-0.3, -0.25) is 4.79 Å². The minimum Gasteiger partial charge on any atom is -0.454 e. The number of halogens is 2. The number of rotatable bonds is 6. The number of carbonyl (C=O) groups is 2. The molecule has 1 saturated heterocycles. The van der Waals surface area contributed by atoms with Gasteiger partial charge in [-0.1, -0.05) is 40.5 Å². The molecular formula is C20H19BrFNO5S. The van der Waals surface area contributed by atoms with Gasteiger partial charge in [0.25, 0.3) is 0 Å². The second-order valence-electron chi connectivity index (χ2n) is 6.59. The molecule has 1 aliphatic rings. The number of nitrogens with zero attached hydrogens (tertiary/aromatic N) is 1. The van der Waals surface area contributed by atoms with Gasteiger partial charge in [0.1, 0.15) is 10.7 Å². The van der Waals surface area contributed by atoms with Crippen molar-refractivity contribution in [2.24, 2.45) is 0 Å². The number of esters is 1. The molecule has 0 aliphatic carbocycles. The topological polar surface area (TPSA) is 80.8 Å². The summed E-state index contributed by atoms with van der Waals surface area (Å²) in [5, 5.41) is 0. The predicted molar refractivity (Wildman–Crippen MR) is 108 cm³/mol. The van der Waals surface area contributed by atoms with E-state index in [9.17, 15) is 22.4 Å². The molecule has 0 amide bonds. The summed E-state index contributed by atoms with van der Waals surface area (Å²) in [5.74, 6) is -2.26. The molecule has 6 nitrogen and oxygen atoms in total. The summed E-state index contributed by atoms with van der Waals surface area (Å²) in [7, 11) is -4.05. The Kier molecular flexibility index (Phi) is 6.81. The van der Waals surface area contributed by atoms with Crippen molar-refractivity contribution in [2.45, 2.75) is 24.2 Å². The van der Waals surface area contributed by atoms with Crippen molar-refractivity contribution < 1.29 is 27.1 Å². The Balaban J connectivity index is 1.76. The molecule has 0 unspecified atom stereocenters. The maximum Gasteiger partial charge on any atom is 0.338 e. The second kappa shape index (κ2) is 9.15. The fourth-order valence-electron chi connectivity index (χ4n) is 3.05. The monoisotopic (exact) mass is 483 g/mol. The van der Waals surface area contributed by atoms with Crippen LogP contribution >= 0.6 is 15.9 Å². The third kappa shape index (κ3) is 4.91. The number of Topliss-reactive ketones (excluding diaryl/α,β-unsaturated/α-hetero) is 1. The van der Waals surface area contributed by atoms with Crippen LogP contribution in [-0.2, 0) is 14.8 Å². The molecule has 9 heteroatoms. The van der Waals surface area contributed by atoms with Crippen LogP contribution in [0.15, 0.2) is 51.8 Å². The van der Waals surface area contributed by atoms with Gasteiger partial charge >= 0.3 is 5.97 Å². The van der Waals surface area contributed by atoms with E-state index in [1.54, 1.807) is 24.3 Å². The van der Waals surface area contributed by atoms with Crippen molar-refractivity contribution in [1.29, 1.82) is 0 Å². The average Bonchev–Trinajstić information content (AvgIpc) is 2.73.